The molecule has 0 aliphatic rings. The van der Waals surface area contributed by atoms with Crippen molar-refractivity contribution in [1.29, 1.82) is 0 Å². The maximum absolute atomic E-state index is 9.87. The fraction of sp³-hybridized carbons (Fsp3) is 0.200. The highest BCUT2D eigenvalue weighted by Gasteiger charge is 2.33. The number of benzene rings is 1. The lowest BCUT2D eigenvalue weighted by atomic mass is 9.97. The van der Waals surface area contributed by atoms with Crippen molar-refractivity contribution in [2.24, 2.45) is 0 Å². The first-order valence-corrected chi connectivity index (χ1v) is 4.52. The molecule has 1 N–H and O–H groups in total. The molecule has 0 aliphatic heterocycles. The standard InChI is InChI=1S/C10H8Cl2O/c1-2-10(13,9(11)12)8-6-4-3-5-7-8/h1,3-7,9,13H. The zero-order chi connectivity index (χ0) is 9.90. The summed E-state index contributed by atoms with van der Waals surface area (Å²) < 4.78 is 0. The van der Waals surface area contributed by atoms with Crippen molar-refractivity contribution >= 4 is 23.2 Å². The fourth-order valence-corrected chi connectivity index (χ4v) is 1.34. The number of hydrogen-bond donors (Lipinski definition) is 1. The summed E-state index contributed by atoms with van der Waals surface area (Å²) in [5.74, 6) is 2.19. The maximum Gasteiger partial charge on any atom is 0.180 e. The Morgan fingerprint density at radius 3 is 2.23 bits per heavy atom. The number of halogens is 2. The number of rotatable bonds is 2. The summed E-state index contributed by atoms with van der Waals surface area (Å²) in [6.45, 7) is 0. The molecule has 0 spiro atoms. The molecule has 3 heteroatoms. The molecule has 13 heavy (non-hydrogen) atoms. The monoisotopic (exact) mass is 214 g/mol. The van der Waals surface area contributed by atoms with E-state index in [9.17, 15) is 5.11 Å². The van der Waals surface area contributed by atoms with Crippen molar-refractivity contribution in [1.82, 2.24) is 0 Å². The van der Waals surface area contributed by atoms with Crippen molar-refractivity contribution < 1.29 is 5.11 Å². The second kappa shape index (κ2) is 4.02. The summed E-state index contributed by atoms with van der Waals surface area (Å²) in [5, 5.41) is 9.87. The lowest BCUT2D eigenvalue weighted by Gasteiger charge is -2.23. The Morgan fingerprint density at radius 1 is 1.31 bits per heavy atom. The van der Waals surface area contributed by atoms with Crippen LogP contribution in [0.5, 0.6) is 0 Å². The molecule has 0 aromatic heterocycles. The summed E-state index contributed by atoms with van der Waals surface area (Å²) >= 11 is 11.2. The largest absolute Gasteiger partial charge is 0.371 e. The van der Waals surface area contributed by atoms with Crippen LogP contribution < -0.4 is 0 Å². The zero-order valence-electron chi connectivity index (χ0n) is 6.74. The van der Waals surface area contributed by atoms with Gasteiger partial charge in [0.15, 0.2) is 10.4 Å². The summed E-state index contributed by atoms with van der Waals surface area (Å²) in [7, 11) is 0. The third-order valence-electron chi connectivity index (χ3n) is 1.75. The molecule has 0 aliphatic carbocycles. The van der Waals surface area contributed by atoms with Crippen LogP contribution in [-0.4, -0.2) is 9.94 Å². The van der Waals surface area contributed by atoms with Gasteiger partial charge in [0.25, 0.3) is 0 Å². The van der Waals surface area contributed by atoms with Gasteiger partial charge in [-0.2, -0.15) is 0 Å². The highest BCUT2D eigenvalue weighted by molar-refractivity contribution is 6.45. The molecule has 0 heterocycles. The molecule has 68 valence electrons. The van der Waals surface area contributed by atoms with Crippen LogP contribution in [0.15, 0.2) is 30.3 Å². The molecular formula is C10H8Cl2O. The van der Waals surface area contributed by atoms with Gasteiger partial charge in [-0.05, 0) is 5.56 Å². The van der Waals surface area contributed by atoms with Crippen LogP contribution >= 0.6 is 23.2 Å². The minimum atomic E-state index is -1.61. The third kappa shape index (κ3) is 1.97. The van der Waals surface area contributed by atoms with E-state index in [2.05, 4.69) is 5.92 Å². The Kier molecular flexibility index (Phi) is 3.22. The first-order chi connectivity index (χ1) is 6.11. The van der Waals surface area contributed by atoms with Crippen molar-refractivity contribution in [3.63, 3.8) is 0 Å². The van der Waals surface area contributed by atoms with Crippen molar-refractivity contribution in [2.45, 2.75) is 10.4 Å². The van der Waals surface area contributed by atoms with Gasteiger partial charge in [-0.25, -0.2) is 0 Å². The molecular weight excluding hydrogens is 207 g/mol. The van der Waals surface area contributed by atoms with Crippen LogP contribution in [0.4, 0.5) is 0 Å². The van der Waals surface area contributed by atoms with E-state index in [1.807, 2.05) is 6.07 Å². The number of alkyl halides is 2. The van der Waals surface area contributed by atoms with E-state index in [-0.39, 0.29) is 0 Å². The predicted octanol–water partition coefficient (Wildman–Crippen LogP) is 2.31. The Balaban J connectivity index is 3.13. The maximum atomic E-state index is 9.87. The van der Waals surface area contributed by atoms with Crippen LogP contribution in [0, 0.1) is 12.3 Å². The van der Waals surface area contributed by atoms with Crippen LogP contribution in [0.2, 0.25) is 0 Å². The van der Waals surface area contributed by atoms with Gasteiger partial charge in [0.2, 0.25) is 0 Å². The quantitative estimate of drug-likeness (QED) is 0.592. The number of hydrogen-bond acceptors (Lipinski definition) is 1. The van der Waals surface area contributed by atoms with E-state index in [4.69, 9.17) is 29.6 Å². The molecule has 1 nitrogen and oxygen atoms in total. The van der Waals surface area contributed by atoms with E-state index in [0.29, 0.717) is 5.56 Å². The Hall–Kier alpha value is -0.680. The second-order valence-corrected chi connectivity index (χ2v) is 3.67. The second-order valence-electron chi connectivity index (χ2n) is 2.58. The van der Waals surface area contributed by atoms with E-state index in [1.54, 1.807) is 24.3 Å². The van der Waals surface area contributed by atoms with E-state index >= 15 is 0 Å². The average molecular weight is 215 g/mol. The Bertz CT molecular complexity index is 315. The lowest BCUT2D eigenvalue weighted by molar-refractivity contribution is 0.116. The van der Waals surface area contributed by atoms with Gasteiger partial charge in [-0.1, -0.05) is 36.3 Å². The highest BCUT2D eigenvalue weighted by Crippen LogP contribution is 2.30. The zero-order valence-corrected chi connectivity index (χ0v) is 8.26. The summed E-state index contributed by atoms with van der Waals surface area (Å²) in [4.78, 5) is -1.04. The van der Waals surface area contributed by atoms with Gasteiger partial charge >= 0.3 is 0 Å². The van der Waals surface area contributed by atoms with Crippen molar-refractivity contribution in [3.05, 3.63) is 35.9 Å². The van der Waals surface area contributed by atoms with Crippen LogP contribution in [0.3, 0.4) is 0 Å². The van der Waals surface area contributed by atoms with Crippen LogP contribution in [-0.2, 0) is 5.60 Å². The minimum Gasteiger partial charge on any atom is -0.371 e. The highest BCUT2D eigenvalue weighted by atomic mass is 35.5. The molecule has 0 saturated carbocycles. The van der Waals surface area contributed by atoms with Gasteiger partial charge in [0.1, 0.15) is 0 Å². The fourth-order valence-electron chi connectivity index (χ4n) is 0.965. The first kappa shape index (κ1) is 10.4. The SMILES string of the molecule is C#CC(O)(c1ccccc1)C(Cl)Cl. The molecule has 1 aromatic rings. The van der Waals surface area contributed by atoms with Gasteiger partial charge in [0.05, 0.1) is 0 Å². The molecule has 1 unspecified atom stereocenters. The molecule has 1 aromatic carbocycles. The normalized spacial score (nSPS) is 15.0. The van der Waals surface area contributed by atoms with Crippen molar-refractivity contribution in [3.8, 4) is 12.3 Å². The minimum absolute atomic E-state index is 0.521. The van der Waals surface area contributed by atoms with Gasteiger partial charge in [-0.15, -0.1) is 29.6 Å². The Labute approximate surface area is 87.3 Å². The van der Waals surface area contributed by atoms with Crippen molar-refractivity contribution in [2.75, 3.05) is 0 Å². The summed E-state index contributed by atoms with van der Waals surface area (Å²) in [6.07, 6.45) is 5.17. The molecule has 0 amide bonds. The molecule has 0 bridgehead atoms. The average Bonchev–Trinajstić information content (AvgIpc) is 2.17. The molecule has 0 radical (unpaired) electrons. The Morgan fingerprint density at radius 2 is 1.85 bits per heavy atom. The van der Waals surface area contributed by atoms with E-state index < -0.39 is 10.4 Å². The van der Waals surface area contributed by atoms with Gasteiger partial charge < -0.3 is 5.11 Å². The predicted molar refractivity (Wildman–Crippen MR) is 54.7 cm³/mol. The summed E-state index contributed by atoms with van der Waals surface area (Å²) in [6, 6.07) is 8.69. The van der Waals surface area contributed by atoms with E-state index in [1.165, 1.54) is 0 Å². The van der Waals surface area contributed by atoms with E-state index in [0.717, 1.165) is 0 Å². The number of terminal acetylenes is 1. The summed E-state index contributed by atoms with van der Waals surface area (Å²) in [5.41, 5.74) is -1.09. The molecule has 1 rings (SSSR count). The topological polar surface area (TPSA) is 20.2 Å². The first-order valence-electron chi connectivity index (χ1n) is 3.65. The number of aliphatic hydroxyl groups is 1. The smallest absolute Gasteiger partial charge is 0.180 e. The van der Waals surface area contributed by atoms with Gasteiger partial charge in [0, 0.05) is 0 Å². The molecule has 1 atom stereocenters. The van der Waals surface area contributed by atoms with Crippen LogP contribution in [0.1, 0.15) is 5.56 Å². The third-order valence-corrected chi connectivity index (χ3v) is 2.38. The molecule has 0 saturated heterocycles. The van der Waals surface area contributed by atoms with Gasteiger partial charge in [-0.3, -0.25) is 0 Å². The lowest BCUT2D eigenvalue weighted by Crippen LogP contribution is -2.30. The van der Waals surface area contributed by atoms with Crippen LogP contribution in [0.25, 0.3) is 0 Å². The molecule has 0 fully saturated rings.